The van der Waals surface area contributed by atoms with Crippen LogP contribution in [0.25, 0.3) is 22.6 Å². The van der Waals surface area contributed by atoms with Crippen LogP contribution >= 0.6 is 11.3 Å². The Morgan fingerprint density at radius 1 is 1.10 bits per heavy atom. The maximum absolute atomic E-state index is 13.1. The fourth-order valence-electron chi connectivity index (χ4n) is 3.57. The van der Waals surface area contributed by atoms with Crippen LogP contribution in [0.1, 0.15) is 31.9 Å². The molecule has 1 amide bonds. The van der Waals surface area contributed by atoms with Gasteiger partial charge in [-0.25, -0.2) is 9.97 Å². The molecule has 1 N–H and O–H groups in total. The highest BCUT2D eigenvalue weighted by Gasteiger charge is 2.20. The van der Waals surface area contributed by atoms with Crippen LogP contribution in [-0.2, 0) is 11.3 Å². The fourth-order valence-corrected chi connectivity index (χ4v) is 4.10. The molecule has 0 aliphatic heterocycles. The molecule has 0 aliphatic carbocycles. The van der Waals surface area contributed by atoms with E-state index in [1.807, 2.05) is 52.4 Å². The summed E-state index contributed by atoms with van der Waals surface area (Å²) in [5.41, 5.74) is 5.51. The monoisotopic (exact) mass is 404 g/mol. The van der Waals surface area contributed by atoms with E-state index in [-0.39, 0.29) is 18.5 Å². The van der Waals surface area contributed by atoms with Crippen molar-refractivity contribution in [3.63, 3.8) is 0 Å². The topological polar surface area (TPSA) is 59.8 Å². The highest BCUT2D eigenvalue weighted by molar-refractivity contribution is 7.07. The molecular weight excluding hydrogens is 380 g/mol. The number of hydrogen-bond donors (Lipinski definition) is 1. The van der Waals surface area contributed by atoms with E-state index in [0.717, 1.165) is 34.5 Å². The Kier molecular flexibility index (Phi) is 5.71. The van der Waals surface area contributed by atoms with Crippen LogP contribution < -0.4 is 5.32 Å². The first kappa shape index (κ1) is 19.3. The van der Waals surface area contributed by atoms with Crippen LogP contribution in [0.5, 0.6) is 0 Å². The number of amides is 1. The maximum Gasteiger partial charge on any atom is 0.240 e. The van der Waals surface area contributed by atoms with Crippen molar-refractivity contribution in [2.24, 2.45) is 5.92 Å². The predicted octanol–water partition coefficient (Wildman–Crippen LogP) is 5.06. The van der Waals surface area contributed by atoms with Gasteiger partial charge in [0.15, 0.2) is 5.82 Å². The molecule has 0 saturated heterocycles. The highest BCUT2D eigenvalue weighted by atomic mass is 32.1. The molecule has 148 valence electrons. The summed E-state index contributed by atoms with van der Waals surface area (Å²) in [6, 6.07) is 18.0. The molecule has 4 aromatic rings. The minimum atomic E-state index is -0.0286. The lowest BCUT2D eigenvalue weighted by molar-refractivity contribution is -0.122. The number of imidazole rings is 1. The van der Waals surface area contributed by atoms with Gasteiger partial charge in [0.2, 0.25) is 5.91 Å². The average Bonchev–Trinajstić information content (AvgIpc) is 3.36. The Morgan fingerprint density at radius 3 is 2.59 bits per heavy atom. The van der Waals surface area contributed by atoms with Crippen LogP contribution in [0.3, 0.4) is 0 Å². The van der Waals surface area contributed by atoms with E-state index < -0.39 is 0 Å². The Balaban J connectivity index is 1.62. The van der Waals surface area contributed by atoms with Gasteiger partial charge in [-0.3, -0.25) is 4.79 Å². The quantitative estimate of drug-likeness (QED) is 0.468. The Morgan fingerprint density at radius 2 is 1.86 bits per heavy atom. The molecule has 4 rings (SSSR count). The van der Waals surface area contributed by atoms with Crippen LogP contribution in [-0.4, -0.2) is 20.4 Å². The normalized spacial score (nSPS) is 12.4. The number of para-hydroxylation sites is 2. The second-order valence-corrected chi connectivity index (χ2v) is 8.26. The van der Waals surface area contributed by atoms with Gasteiger partial charge in [-0.1, -0.05) is 56.3 Å². The van der Waals surface area contributed by atoms with E-state index in [1.54, 1.807) is 5.51 Å². The van der Waals surface area contributed by atoms with Gasteiger partial charge < -0.3 is 9.88 Å². The molecule has 2 aromatic carbocycles. The van der Waals surface area contributed by atoms with Crippen molar-refractivity contribution < 1.29 is 4.79 Å². The standard InChI is InChI=1S/C23H24N4OS/c1-16(2)12-19(17-8-4-3-5-9-17)25-22(28)13-27-21-11-7-6-10-18(21)26-23(27)20-14-29-15-24-20/h3-11,14-16,19H,12-13H2,1-2H3,(H,25,28)/t19-/m1/s1. The molecule has 5 nitrogen and oxygen atoms in total. The van der Waals surface area contributed by atoms with Crippen molar-refractivity contribution in [3.05, 3.63) is 71.1 Å². The van der Waals surface area contributed by atoms with Crippen LogP contribution in [0.15, 0.2) is 65.5 Å². The molecule has 0 unspecified atom stereocenters. The van der Waals surface area contributed by atoms with Gasteiger partial charge in [-0.2, -0.15) is 0 Å². The first-order valence-corrected chi connectivity index (χ1v) is 10.7. The van der Waals surface area contributed by atoms with Gasteiger partial charge in [0.25, 0.3) is 0 Å². The lowest BCUT2D eigenvalue weighted by atomic mass is 9.97. The number of thiazole rings is 1. The molecule has 1 atom stereocenters. The van der Waals surface area contributed by atoms with Gasteiger partial charge in [0.05, 0.1) is 22.6 Å². The number of hydrogen-bond acceptors (Lipinski definition) is 4. The van der Waals surface area contributed by atoms with Crippen LogP contribution in [0.2, 0.25) is 0 Å². The van der Waals surface area contributed by atoms with Crippen molar-refractivity contribution in [2.75, 3.05) is 0 Å². The van der Waals surface area contributed by atoms with Crippen LogP contribution in [0, 0.1) is 5.92 Å². The summed E-state index contributed by atoms with van der Waals surface area (Å²) in [5, 5.41) is 5.19. The minimum Gasteiger partial charge on any atom is -0.348 e. The Hall–Kier alpha value is -2.99. The molecule has 0 radical (unpaired) electrons. The Bertz CT molecular complexity index is 1090. The molecule has 6 heteroatoms. The van der Waals surface area contributed by atoms with E-state index >= 15 is 0 Å². The smallest absolute Gasteiger partial charge is 0.240 e. The number of aromatic nitrogens is 3. The molecule has 29 heavy (non-hydrogen) atoms. The zero-order valence-corrected chi connectivity index (χ0v) is 17.4. The first-order valence-electron chi connectivity index (χ1n) is 9.80. The van der Waals surface area contributed by atoms with E-state index in [2.05, 4.69) is 36.3 Å². The summed E-state index contributed by atoms with van der Waals surface area (Å²) in [6.45, 7) is 4.55. The predicted molar refractivity (Wildman–Crippen MR) is 118 cm³/mol. The summed E-state index contributed by atoms with van der Waals surface area (Å²) in [5.74, 6) is 1.17. The lowest BCUT2D eigenvalue weighted by Gasteiger charge is -2.21. The van der Waals surface area contributed by atoms with E-state index in [4.69, 9.17) is 4.98 Å². The summed E-state index contributed by atoms with van der Waals surface area (Å²) < 4.78 is 1.96. The number of rotatable bonds is 7. The number of nitrogens with one attached hydrogen (secondary N) is 1. The molecule has 2 aromatic heterocycles. The minimum absolute atomic E-state index is 0.0128. The third kappa shape index (κ3) is 4.38. The molecular formula is C23H24N4OS. The first-order chi connectivity index (χ1) is 14.1. The lowest BCUT2D eigenvalue weighted by Crippen LogP contribution is -2.32. The summed E-state index contributed by atoms with van der Waals surface area (Å²) >= 11 is 1.52. The SMILES string of the molecule is CC(C)C[C@@H](NC(=O)Cn1c(-c2cscn2)nc2ccccc21)c1ccccc1. The summed E-state index contributed by atoms with van der Waals surface area (Å²) in [7, 11) is 0. The van der Waals surface area contributed by atoms with Gasteiger partial charge in [0.1, 0.15) is 12.2 Å². The van der Waals surface area contributed by atoms with Gasteiger partial charge in [-0.15, -0.1) is 11.3 Å². The molecule has 0 fully saturated rings. The van der Waals surface area contributed by atoms with Crippen molar-refractivity contribution in [1.29, 1.82) is 0 Å². The second kappa shape index (κ2) is 8.57. The molecule has 0 bridgehead atoms. The largest absolute Gasteiger partial charge is 0.348 e. The Labute approximate surface area is 174 Å². The van der Waals surface area contributed by atoms with Gasteiger partial charge >= 0.3 is 0 Å². The number of benzene rings is 2. The summed E-state index contributed by atoms with van der Waals surface area (Å²) in [4.78, 5) is 22.2. The maximum atomic E-state index is 13.1. The van der Waals surface area contributed by atoms with Crippen molar-refractivity contribution in [1.82, 2.24) is 19.9 Å². The van der Waals surface area contributed by atoms with Gasteiger partial charge in [-0.05, 0) is 30.0 Å². The molecule has 0 aliphatic rings. The second-order valence-electron chi connectivity index (χ2n) is 7.54. The third-order valence-electron chi connectivity index (χ3n) is 4.86. The number of carbonyl (C=O) groups excluding carboxylic acids is 1. The number of fused-ring (bicyclic) bond motifs is 1. The van der Waals surface area contributed by atoms with E-state index in [9.17, 15) is 4.79 Å². The molecule has 0 spiro atoms. The van der Waals surface area contributed by atoms with E-state index in [0.29, 0.717) is 5.92 Å². The zero-order valence-electron chi connectivity index (χ0n) is 16.6. The fraction of sp³-hybridized carbons (Fsp3) is 0.261. The third-order valence-corrected chi connectivity index (χ3v) is 5.45. The number of carbonyl (C=O) groups is 1. The van der Waals surface area contributed by atoms with Crippen molar-refractivity contribution >= 4 is 28.3 Å². The molecule has 2 heterocycles. The van der Waals surface area contributed by atoms with Crippen molar-refractivity contribution in [2.45, 2.75) is 32.9 Å². The molecule has 0 saturated carbocycles. The highest BCUT2D eigenvalue weighted by Crippen LogP contribution is 2.25. The average molecular weight is 405 g/mol. The zero-order chi connectivity index (χ0) is 20.2. The van der Waals surface area contributed by atoms with Crippen LogP contribution in [0.4, 0.5) is 0 Å². The summed E-state index contributed by atoms with van der Waals surface area (Å²) in [6.07, 6.45) is 0.888. The van der Waals surface area contributed by atoms with Gasteiger partial charge in [0, 0.05) is 5.38 Å². The van der Waals surface area contributed by atoms with E-state index in [1.165, 1.54) is 11.3 Å². The van der Waals surface area contributed by atoms with Crippen molar-refractivity contribution in [3.8, 4) is 11.5 Å². The number of nitrogens with zero attached hydrogens (tertiary/aromatic N) is 3.